The first-order valence-corrected chi connectivity index (χ1v) is 6.21. The molecule has 1 aromatic heterocycles. The van der Waals surface area contributed by atoms with E-state index in [2.05, 4.69) is 10.3 Å². The van der Waals surface area contributed by atoms with Gasteiger partial charge in [-0.25, -0.2) is 14.2 Å². The largest absolute Gasteiger partial charge is 0.478 e. The van der Waals surface area contributed by atoms with Crippen molar-refractivity contribution in [1.29, 1.82) is 0 Å². The average Bonchev–Trinajstić information content (AvgIpc) is 2.38. The molecule has 2 N–H and O–H groups in total. The molecule has 1 unspecified atom stereocenters. The van der Waals surface area contributed by atoms with Crippen molar-refractivity contribution in [3.05, 3.63) is 59.0 Å². The second kappa shape index (κ2) is 5.69. The smallest absolute Gasteiger partial charge is 0.337 e. The van der Waals surface area contributed by atoms with Crippen LogP contribution in [0.4, 0.5) is 10.2 Å². The molecule has 0 fully saturated rings. The number of aromatic carboxylic acids is 1. The summed E-state index contributed by atoms with van der Waals surface area (Å²) in [4.78, 5) is 15.1. The van der Waals surface area contributed by atoms with E-state index in [-0.39, 0.29) is 17.4 Å². The fraction of sp³-hybridized carbons (Fsp3) is 0.200. The van der Waals surface area contributed by atoms with Gasteiger partial charge < -0.3 is 10.4 Å². The van der Waals surface area contributed by atoms with Gasteiger partial charge in [-0.15, -0.1) is 0 Å². The van der Waals surface area contributed by atoms with E-state index in [0.29, 0.717) is 17.1 Å². The quantitative estimate of drug-likeness (QED) is 0.897. The SMILES string of the molecule is Cc1nc(NC(C)c2ccccc2F)ccc1C(=O)O. The summed E-state index contributed by atoms with van der Waals surface area (Å²) in [7, 11) is 0. The van der Waals surface area contributed by atoms with E-state index >= 15 is 0 Å². The van der Waals surface area contributed by atoms with Crippen LogP contribution in [0.25, 0.3) is 0 Å². The summed E-state index contributed by atoms with van der Waals surface area (Å²) in [6.07, 6.45) is 0. The van der Waals surface area contributed by atoms with Gasteiger partial charge in [0.2, 0.25) is 0 Å². The van der Waals surface area contributed by atoms with Crippen molar-refractivity contribution in [3.63, 3.8) is 0 Å². The minimum atomic E-state index is -1.01. The fourth-order valence-corrected chi connectivity index (χ4v) is 1.99. The molecule has 5 heteroatoms. The molecule has 1 atom stereocenters. The number of hydrogen-bond acceptors (Lipinski definition) is 3. The van der Waals surface area contributed by atoms with Crippen LogP contribution in [0.1, 0.15) is 34.6 Å². The number of halogens is 1. The van der Waals surface area contributed by atoms with Gasteiger partial charge in [0.25, 0.3) is 0 Å². The topological polar surface area (TPSA) is 62.2 Å². The van der Waals surface area contributed by atoms with Gasteiger partial charge in [-0.3, -0.25) is 0 Å². The third-order valence-corrected chi connectivity index (χ3v) is 3.05. The molecule has 0 aliphatic heterocycles. The molecular weight excluding hydrogens is 259 g/mol. The lowest BCUT2D eigenvalue weighted by atomic mass is 10.1. The molecule has 0 saturated carbocycles. The van der Waals surface area contributed by atoms with Gasteiger partial charge >= 0.3 is 5.97 Å². The van der Waals surface area contributed by atoms with Crippen LogP contribution >= 0.6 is 0 Å². The predicted octanol–water partition coefficient (Wildman–Crippen LogP) is 3.40. The van der Waals surface area contributed by atoms with Crippen molar-refractivity contribution in [1.82, 2.24) is 4.98 Å². The number of carboxylic acid groups (broad SMARTS) is 1. The molecule has 1 aromatic carbocycles. The van der Waals surface area contributed by atoms with Crippen molar-refractivity contribution in [2.45, 2.75) is 19.9 Å². The van der Waals surface area contributed by atoms with Crippen LogP contribution in [-0.4, -0.2) is 16.1 Å². The maximum atomic E-state index is 13.7. The molecule has 2 aromatic rings. The predicted molar refractivity (Wildman–Crippen MR) is 74.4 cm³/mol. The Kier molecular flexibility index (Phi) is 3.98. The Morgan fingerprint density at radius 1 is 1.30 bits per heavy atom. The molecule has 0 spiro atoms. The number of carbonyl (C=O) groups is 1. The number of benzene rings is 1. The summed E-state index contributed by atoms with van der Waals surface area (Å²) in [5, 5.41) is 12.0. The Bertz CT molecular complexity index is 644. The maximum Gasteiger partial charge on any atom is 0.337 e. The van der Waals surface area contributed by atoms with Crippen molar-refractivity contribution < 1.29 is 14.3 Å². The summed E-state index contributed by atoms with van der Waals surface area (Å²) in [6.45, 7) is 3.45. The molecule has 104 valence electrons. The maximum absolute atomic E-state index is 13.7. The molecule has 0 saturated heterocycles. The minimum Gasteiger partial charge on any atom is -0.478 e. The van der Waals surface area contributed by atoms with E-state index in [0.717, 1.165) is 0 Å². The Morgan fingerprint density at radius 3 is 2.60 bits per heavy atom. The van der Waals surface area contributed by atoms with Crippen LogP contribution in [0.2, 0.25) is 0 Å². The Balaban J connectivity index is 2.20. The van der Waals surface area contributed by atoms with Gasteiger partial charge in [0.1, 0.15) is 11.6 Å². The molecule has 0 amide bonds. The number of hydrogen-bond donors (Lipinski definition) is 2. The molecular formula is C15H15FN2O2. The second-order valence-corrected chi connectivity index (χ2v) is 4.52. The van der Waals surface area contributed by atoms with Gasteiger partial charge in [0.15, 0.2) is 0 Å². The molecule has 4 nitrogen and oxygen atoms in total. The molecule has 0 bridgehead atoms. The zero-order valence-electron chi connectivity index (χ0n) is 11.2. The van der Waals surface area contributed by atoms with Gasteiger partial charge in [-0.2, -0.15) is 0 Å². The molecule has 20 heavy (non-hydrogen) atoms. The highest BCUT2D eigenvalue weighted by Crippen LogP contribution is 2.21. The van der Waals surface area contributed by atoms with Gasteiger partial charge in [0.05, 0.1) is 17.3 Å². The lowest BCUT2D eigenvalue weighted by Gasteiger charge is -2.16. The molecule has 0 aliphatic carbocycles. The van der Waals surface area contributed by atoms with Crippen molar-refractivity contribution in [2.75, 3.05) is 5.32 Å². The molecule has 1 heterocycles. The van der Waals surface area contributed by atoms with E-state index < -0.39 is 5.97 Å². The second-order valence-electron chi connectivity index (χ2n) is 4.52. The van der Waals surface area contributed by atoms with Crippen LogP contribution in [0.15, 0.2) is 36.4 Å². The zero-order valence-corrected chi connectivity index (χ0v) is 11.2. The van der Waals surface area contributed by atoms with Crippen molar-refractivity contribution in [2.24, 2.45) is 0 Å². The Labute approximate surface area is 116 Å². The van der Waals surface area contributed by atoms with Crippen LogP contribution in [-0.2, 0) is 0 Å². The monoisotopic (exact) mass is 274 g/mol. The number of pyridine rings is 1. The first-order valence-electron chi connectivity index (χ1n) is 6.21. The van der Waals surface area contributed by atoms with E-state index in [1.54, 1.807) is 31.2 Å². The van der Waals surface area contributed by atoms with Crippen molar-refractivity contribution in [3.8, 4) is 0 Å². The van der Waals surface area contributed by atoms with Crippen molar-refractivity contribution >= 4 is 11.8 Å². The standard InChI is InChI=1S/C15H15FN2O2/c1-9(11-5-3-4-6-13(11)16)17-14-8-7-12(15(19)20)10(2)18-14/h3-9H,1-2H3,(H,17,18)(H,19,20). The zero-order chi connectivity index (χ0) is 14.7. The number of aromatic nitrogens is 1. The third kappa shape index (κ3) is 2.93. The number of rotatable bonds is 4. The number of carboxylic acids is 1. The lowest BCUT2D eigenvalue weighted by molar-refractivity contribution is 0.0695. The van der Waals surface area contributed by atoms with Crippen LogP contribution < -0.4 is 5.32 Å². The molecule has 0 aliphatic rings. The van der Waals surface area contributed by atoms with E-state index in [1.807, 2.05) is 6.92 Å². The normalized spacial score (nSPS) is 11.9. The number of nitrogens with zero attached hydrogens (tertiary/aromatic N) is 1. The van der Waals surface area contributed by atoms with Gasteiger partial charge in [0, 0.05) is 5.56 Å². The highest BCUT2D eigenvalue weighted by atomic mass is 19.1. The summed E-state index contributed by atoms with van der Waals surface area (Å²) < 4.78 is 13.7. The summed E-state index contributed by atoms with van der Waals surface area (Å²) in [5.41, 5.74) is 1.12. The number of nitrogens with one attached hydrogen (secondary N) is 1. The number of aryl methyl sites for hydroxylation is 1. The summed E-state index contributed by atoms with van der Waals surface area (Å²) >= 11 is 0. The van der Waals surface area contributed by atoms with Crippen LogP contribution in [0.3, 0.4) is 0 Å². The Morgan fingerprint density at radius 2 is 2.00 bits per heavy atom. The first kappa shape index (κ1) is 14.0. The highest BCUT2D eigenvalue weighted by molar-refractivity contribution is 5.89. The van der Waals surface area contributed by atoms with Crippen LogP contribution in [0.5, 0.6) is 0 Å². The van der Waals surface area contributed by atoms with Crippen LogP contribution in [0, 0.1) is 12.7 Å². The van der Waals surface area contributed by atoms with Gasteiger partial charge in [-0.05, 0) is 32.0 Å². The van der Waals surface area contributed by atoms with Gasteiger partial charge in [-0.1, -0.05) is 18.2 Å². The third-order valence-electron chi connectivity index (χ3n) is 3.05. The first-order chi connectivity index (χ1) is 9.49. The van der Waals surface area contributed by atoms with E-state index in [4.69, 9.17) is 5.11 Å². The Hall–Kier alpha value is -2.43. The summed E-state index contributed by atoms with van der Waals surface area (Å²) in [6, 6.07) is 9.30. The summed E-state index contributed by atoms with van der Waals surface area (Å²) in [5.74, 6) is -0.779. The molecule has 2 rings (SSSR count). The average molecular weight is 274 g/mol. The lowest BCUT2D eigenvalue weighted by Crippen LogP contribution is -2.11. The minimum absolute atomic E-state index is 0.161. The number of anilines is 1. The highest BCUT2D eigenvalue weighted by Gasteiger charge is 2.12. The molecule has 0 radical (unpaired) electrons. The van der Waals surface area contributed by atoms with E-state index in [9.17, 15) is 9.18 Å². The van der Waals surface area contributed by atoms with E-state index in [1.165, 1.54) is 12.1 Å². The fourth-order valence-electron chi connectivity index (χ4n) is 1.99.